The lowest BCUT2D eigenvalue weighted by molar-refractivity contribution is -0.138. The zero-order chi connectivity index (χ0) is 11.7. The Kier molecular flexibility index (Phi) is 8.18. The van der Waals surface area contributed by atoms with E-state index in [9.17, 15) is 9.59 Å². The topological polar surface area (TPSA) is 164 Å². The fourth-order valence-electron chi connectivity index (χ4n) is 0.421. The highest BCUT2D eigenvalue weighted by molar-refractivity contribution is 5.76. The Balaban J connectivity index is 0. The van der Waals surface area contributed by atoms with Crippen molar-refractivity contribution in [3.8, 4) is 0 Å². The van der Waals surface area contributed by atoms with E-state index < -0.39 is 24.1 Å². The average Bonchev–Trinajstić information content (AvgIpc) is 1.98. The van der Waals surface area contributed by atoms with Crippen molar-refractivity contribution in [2.24, 2.45) is 11.5 Å². The van der Waals surface area contributed by atoms with Crippen molar-refractivity contribution in [1.29, 1.82) is 0 Å². The molecule has 0 aromatic heterocycles. The fraction of sp³-hybridized carbons (Fsp3) is 0.500. The molecule has 7 N–H and O–H groups in total. The summed E-state index contributed by atoms with van der Waals surface area (Å²) in [7, 11) is 0. The summed E-state index contributed by atoms with van der Waals surface area (Å²) in [6.45, 7) is 0. The number of hydrogen-bond donors (Lipinski definition) is 5. The first-order chi connectivity index (χ1) is 6.27. The smallest absolute Gasteiger partial charge is 0.480 e. The monoisotopic (exact) mass is 208 g/mol. The van der Waals surface area contributed by atoms with Gasteiger partial charge < -0.3 is 26.8 Å². The van der Waals surface area contributed by atoms with Gasteiger partial charge in [0.25, 0.3) is 0 Å². The van der Waals surface area contributed by atoms with Gasteiger partial charge in [-0.1, -0.05) is 0 Å². The van der Waals surface area contributed by atoms with Gasteiger partial charge in [0, 0.05) is 6.42 Å². The molecule has 0 rings (SSSR count). The molecule has 0 aliphatic heterocycles. The lowest BCUT2D eigenvalue weighted by Crippen LogP contribution is -2.31. The van der Waals surface area contributed by atoms with E-state index in [-0.39, 0.29) is 12.8 Å². The van der Waals surface area contributed by atoms with E-state index >= 15 is 0 Å². The summed E-state index contributed by atoms with van der Waals surface area (Å²) >= 11 is 0. The second-order valence-corrected chi connectivity index (χ2v) is 2.23. The maximum atomic E-state index is 10.1. The first-order valence-electron chi connectivity index (χ1n) is 3.46. The standard InChI is InChI=1S/C5H10N2O3.CH2O3/c6-3(5(9)10)1-2-4(7)8;2-1(3)4/h3H,1-2,6H2,(H2,7,8)(H,9,10);(H2,2,3,4)/t3-;/m0./s1. The van der Waals surface area contributed by atoms with Gasteiger partial charge >= 0.3 is 12.1 Å². The summed E-state index contributed by atoms with van der Waals surface area (Å²) in [4.78, 5) is 28.7. The normalized spacial score (nSPS) is 10.6. The molecular formula is C6H12N2O6. The number of primary amides is 1. The van der Waals surface area contributed by atoms with Crippen LogP contribution in [-0.4, -0.2) is 39.4 Å². The number of nitrogens with two attached hydrogens (primary N) is 2. The Bertz CT molecular complexity index is 212. The summed E-state index contributed by atoms with van der Waals surface area (Å²) in [5.41, 5.74) is 9.81. The van der Waals surface area contributed by atoms with E-state index in [0.29, 0.717) is 0 Å². The van der Waals surface area contributed by atoms with Gasteiger partial charge in [-0.15, -0.1) is 0 Å². The van der Waals surface area contributed by atoms with Crippen molar-refractivity contribution in [2.75, 3.05) is 0 Å². The predicted octanol–water partition coefficient (Wildman–Crippen LogP) is -1.11. The predicted molar refractivity (Wildman–Crippen MR) is 44.7 cm³/mol. The van der Waals surface area contributed by atoms with Crippen LogP contribution in [0.25, 0.3) is 0 Å². The van der Waals surface area contributed by atoms with Crippen LogP contribution in [0.15, 0.2) is 0 Å². The van der Waals surface area contributed by atoms with Crippen LogP contribution in [0.4, 0.5) is 4.79 Å². The molecule has 0 aromatic rings. The van der Waals surface area contributed by atoms with E-state index in [0.717, 1.165) is 0 Å². The first kappa shape index (κ1) is 14.7. The van der Waals surface area contributed by atoms with Crippen LogP contribution in [0, 0.1) is 0 Å². The molecule has 8 nitrogen and oxygen atoms in total. The van der Waals surface area contributed by atoms with E-state index in [1.54, 1.807) is 0 Å². The van der Waals surface area contributed by atoms with Crippen LogP contribution >= 0.6 is 0 Å². The van der Waals surface area contributed by atoms with Gasteiger partial charge in [0.15, 0.2) is 0 Å². The molecule has 0 heterocycles. The van der Waals surface area contributed by atoms with E-state index in [4.69, 9.17) is 31.6 Å². The Hall–Kier alpha value is -1.83. The minimum Gasteiger partial charge on any atom is -0.480 e. The largest absolute Gasteiger partial charge is 0.503 e. The maximum Gasteiger partial charge on any atom is 0.503 e. The number of rotatable bonds is 4. The Morgan fingerprint density at radius 1 is 1.14 bits per heavy atom. The number of carbonyl (C=O) groups excluding carboxylic acids is 1. The van der Waals surface area contributed by atoms with Crippen LogP contribution in [0.5, 0.6) is 0 Å². The zero-order valence-corrected chi connectivity index (χ0v) is 7.21. The van der Waals surface area contributed by atoms with Gasteiger partial charge in [-0.05, 0) is 6.42 Å². The van der Waals surface area contributed by atoms with Gasteiger partial charge in [-0.25, -0.2) is 4.79 Å². The molecule has 0 fully saturated rings. The van der Waals surface area contributed by atoms with Crippen LogP contribution < -0.4 is 11.5 Å². The SMILES string of the molecule is NC(=O)CC[C@H](N)C(=O)O.O=C(O)O. The summed E-state index contributed by atoms with van der Waals surface area (Å²) in [5, 5.41) is 22.2. The number of hydrogen-bond acceptors (Lipinski definition) is 4. The third-order valence-electron chi connectivity index (χ3n) is 1.02. The minimum atomic E-state index is -1.83. The van der Waals surface area contributed by atoms with Crippen LogP contribution in [0.2, 0.25) is 0 Å². The Morgan fingerprint density at radius 3 is 1.71 bits per heavy atom. The lowest BCUT2D eigenvalue weighted by atomic mass is 10.2. The highest BCUT2D eigenvalue weighted by Crippen LogP contribution is 1.92. The molecule has 14 heavy (non-hydrogen) atoms. The van der Waals surface area contributed by atoms with Crippen molar-refractivity contribution in [1.82, 2.24) is 0 Å². The van der Waals surface area contributed by atoms with Gasteiger partial charge in [0.1, 0.15) is 6.04 Å². The third kappa shape index (κ3) is 16.6. The molecule has 0 saturated carbocycles. The number of amides is 1. The average molecular weight is 208 g/mol. The quantitative estimate of drug-likeness (QED) is 0.390. The fourth-order valence-corrected chi connectivity index (χ4v) is 0.421. The minimum absolute atomic E-state index is 0.0213. The molecule has 0 aliphatic rings. The number of carbonyl (C=O) groups is 3. The van der Waals surface area contributed by atoms with E-state index in [1.807, 2.05) is 0 Å². The van der Waals surface area contributed by atoms with E-state index in [1.165, 1.54) is 0 Å². The summed E-state index contributed by atoms with van der Waals surface area (Å²) in [6, 6.07) is -0.979. The molecule has 0 aliphatic carbocycles. The van der Waals surface area contributed by atoms with Crippen LogP contribution in [0.1, 0.15) is 12.8 Å². The summed E-state index contributed by atoms with van der Waals surface area (Å²) in [6.07, 6.45) is -1.71. The van der Waals surface area contributed by atoms with Gasteiger partial charge in [0.2, 0.25) is 5.91 Å². The van der Waals surface area contributed by atoms with Crippen molar-refractivity contribution in [3.05, 3.63) is 0 Å². The highest BCUT2D eigenvalue weighted by Gasteiger charge is 2.11. The molecule has 1 amide bonds. The summed E-state index contributed by atoms with van der Waals surface area (Å²) in [5.74, 6) is -1.64. The second kappa shape index (κ2) is 7.80. The molecule has 0 aromatic carbocycles. The molecule has 0 unspecified atom stereocenters. The van der Waals surface area contributed by atoms with Crippen LogP contribution in [-0.2, 0) is 9.59 Å². The highest BCUT2D eigenvalue weighted by atomic mass is 16.6. The zero-order valence-electron chi connectivity index (χ0n) is 7.21. The van der Waals surface area contributed by atoms with Crippen molar-refractivity contribution < 1.29 is 29.7 Å². The molecule has 0 saturated heterocycles. The maximum absolute atomic E-state index is 10.1. The Morgan fingerprint density at radius 2 is 1.50 bits per heavy atom. The molecule has 1 atom stereocenters. The van der Waals surface area contributed by atoms with Gasteiger partial charge in [-0.3, -0.25) is 9.59 Å². The van der Waals surface area contributed by atoms with Crippen molar-refractivity contribution in [3.63, 3.8) is 0 Å². The lowest BCUT2D eigenvalue weighted by Gasteiger charge is -2.01. The second-order valence-electron chi connectivity index (χ2n) is 2.23. The van der Waals surface area contributed by atoms with Gasteiger partial charge in [0.05, 0.1) is 0 Å². The number of carboxylic acids is 1. The summed E-state index contributed by atoms with van der Waals surface area (Å²) < 4.78 is 0. The number of carboxylic acid groups (broad SMARTS) is 3. The van der Waals surface area contributed by atoms with E-state index in [2.05, 4.69) is 0 Å². The molecule has 0 radical (unpaired) electrons. The van der Waals surface area contributed by atoms with Gasteiger partial charge in [-0.2, -0.15) is 0 Å². The third-order valence-corrected chi connectivity index (χ3v) is 1.02. The van der Waals surface area contributed by atoms with Crippen LogP contribution in [0.3, 0.4) is 0 Å². The number of aliphatic carboxylic acids is 1. The molecule has 0 spiro atoms. The van der Waals surface area contributed by atoms with Crippen molar-refractivity contribution >= 4 is 18.0 Å². The Labute approximate surface area is 79.1 Å². The molecule has 8 heteroatoms. The molecule has 0 bridgehead atoms. The molecular weight excluding hydrogens is 196 g/mol. The first-order valence-corrected chi connectivity index (χ1v) is 3.46. The molecule has 82 valence electrons. The van der Waals surface area contributed by atoms with Crippen molar-refractivity contribution in [2.45, 2.75) is 18.9 Å².